The van der Waals surface area contributed by atoms with Gasteiger partial charge in [0, 0.05) is 36.0 Å². The van der Waals surface area contributed by atoms with E-state index in [4.69, 9.17) is 15.3 Å². The predicted molar refractivity (Wildman–Crippen MR) is 136 cm³/mol. The molecule has 36 heavy (non-hydrogen) atoms. The highest BCUT2D eigenvalue weighted by Gasteiger charge is 2.38. The average molecular weight is 517 g/mol. The van der Waals surface area contributed by atoms with E-state index in [0.717, 1.165) is 42.5 Å². The monoisotopic (exact) mass is 516 g/mol. The summed E-state index contributed by atoms with van der Waals surface area (Å²) in [4.78, 5) is 19.1. The maximum absolute atomic E-state index is 13.0. The highest BCUT2D eigenvalue weighted by atomic mass is 19.4. The quantitative estimate of drug-likeness (QED) is 0.465. The van der Waals surface area contributed by atoms with Crippen molar-refractivity contribution in [2.75, 3.05) is 33.4 Å². The number of terminal acetylenes is 1. The fourth-order valence-electron chi connectivity index (χ4n) is 3.85. The Bertz CT molecular complexity index is 779. The van der Waals surface area contributed by atoms with E-state index >= 15 is 0 Å². The normalized spacial score (nSPS) is 17.5. The second-order valence-electron chi connectivity index (χ2n) is 9.08. The first-order valence-corrected chi connectivity index (χ1v) is 12.7. The van der Waals surface area contributed by atoms with Crippen LogP contribution in [0.1, 0.15) is 76.6 Å². The van der Waals surface area contributed by atoms with Crippen LogP contribution < -0.4 is 15.3 Å². The number of hydrogen-bond donors (Lipinski definition) is 1. The summed E-state index contributed by atoms with van der Waals surface area (Å²) < 4.78 is 45.4. The fraction of sp³-hybridized carbons (Fsp3) is 0.704. The van der Waals surface area contributed by atoms with Crippen LogP contribution in [0.5, 0.6) is 0 Å². The van der Waals surface area contributed by atoms with Gasteiger partial charge in [0.2, 0.25) is 17.8 Å². The molecular weight excluding hydrogens is 471 g/mol. The molecule has 0 aliphatic carbocycles. The molecule has 2 atom stereocenters. The first-order valence-electron chi connectivity index (χ1n) is 12.7. The van der Waals surface area contributed by atoms with Crippen LogP contribution in [0.3, 0.4) is 0 Å². The first-order chi connectivity index (χ1) is 17.1. The third-order valence-corrected chi connectivity index (χ3v) is 5.69. The van der Waals surface area contributed by atoms with Crippen molar-refractivity contribution in [3.8, 4) is 12.8 Å². The zero-order valence-electron chi connectivity index (χ0n) is 22.6. The van der Waals surface area contributed by atoms with Crippen molar-refractivity contribution in [1.82, 2.24) is 4.90 Å². The van der Waals surface area contributed by atoms with Gasteiger partial charge in [0.25, 0.3) is 0 Å². The molecule has 0 aromatic carbocycles. The van der Waals surface area contributed by atoms with Crippen LogP contribution in [-0.4, -0.2) is 44.2 Å². The van der Waals surface area contributed by atoms with Gasteiger partial charge in [0.05, 0.1) is 13.0 Å². The van der Waals surface area contributed by atoms with Gasteiger partial charge in [-0.3, -0.25) is 9.63 Å². The number of carbonyl (C=O) groups is 1. The van der Waals surface area contributed by atoms with E-state index in [1.165, 1.54) is 26.4 Å². The Morgan fingerprint density at radius 3 is 2.44 bits per heavy atom. The Morgan fingerprint density at radius 1 is 1.36 bits per heavy atom. The summed E-state index contributed by atoms with van der Waals surface area (Å²) in [6.07, 6.45) is 10.2. The van der Waals surface area contributed by atoms with Gasteiger partial charge in [-0.2, -0.15) is 13.2 Å². The smallest absolute Gasteiger partial charge is 0.381 e. The van der Waals surface area contributed by atoms with E-state index in [-0.39, 0.29) is 18.4 Å². The molecule has 3 rings (SSSR count). The molecule has 1 saturated heterocycles. The molecule has 0 saturated carbocycles. The molecule has 206 valence electrons. The van der Waals surface area contributed by atoms with Crippen molar-refractivity contribution < 1.29 is 32.3 Å². The van der Waals surface area contributed by atoms with Crippen LogP contribution >= 0.6 is 0 Å². The molecule has 0 bridgehead atoms. The van der Waals surface area contributed by atoms with Gasteiger partial charge >= 0.3 is 6.18 Å². The number of hydrogen-bond acceptors (Lipinski definition) is 4. The van der Waals surface area contributed by atoms with Crippen molar-refractivity contribution in [2.24, 2.45) is 17.6 Å². The van der Waals surface area contributed by atoms with Gasteiger partial charge in [0.1, 0.15) is 12.7 Å². The molecule has 1 aromatic rings. The number of carbonyl (C=O) groups excluding carboxylic acids is 1. The molecule has 2 aliphatic heterocycles. The fourth-order valence-corrected chi connectivity index (χ4v) is 3.85. The van der Waals surface area contributed by atoms with E-state index in [1.54, 1.807) is 4.90 Å². The summed E-state index contributed by atoms with van der Waals surface area (Å²) in [6.45, 7) is 11.4. The van der Waals surface area contributed by atoms with Gasteiger partial charge < -0.3 is 15.4 Å². The number of nitrogens with two attached hydrogens (primary N) is 1. The van der Waals surface area contributed by atoms with Crippen molar-refractivity contribution in [3.05, 3.63) is 29.1 Å². The maximum Gasteiger partial charge on any atom is 0.422 e. The van der Waals surface area contributed by atoms with Crippen molar-refractivity contribution >= 4 is 5.91 Å². The number of ether oxygens (including phenoxy) is 1. The summed E-state index contributed by atoms with van der Waals surface area (Å²) in [5, 5.41) is 0. The van der Waals surface area contributed by atoms with Gasteiger partial charge in [-0.05, 0) is 44.2 Å². The topological polar surface area (TPSA) is 68.7 Å². The van der Waals surface area contributed by atoms with E-state index < -0.39 is 11.7 Å². The van der Waals surface area contributed by atoms with Crippen LogP contribution in [0.2, 0.25) is 0 Å². The van der Waals surface area contributed by atoms with Crippen molar-refractivity contribution in [1.29, 1.82) is 0 Å². The Kier molecular flexibility index (Phi) is 16.9. The molecule has 6 nitrogen and oxygen atoms in total. The zero-order valence-corrected chi connectivity index (χ0v) is 22.6. The minimum absolute atomic E-state index is 0.0459. The van der Waals surface area contributed by atoms with Crippen molar-refractivity contribution in [2.45, 2.75) is 78.9 Å². The molecule has 3 heterocycles. The molecule has 2 N–H and O–H groups in total. The van der Waals surface area contributed by atoms with Crippen LogP contribution in [0.4, 0.5) is 13.2 Å². The Hall–Kier alpha value is -2.31. The number of aromatic nitrogens is 1. The van der Waals surface area contributed by atoms with Gasteiger partial charge in [-0.15, -0.1) is 12.8 Å². The minimum Gasteiger partial charge on any atom is -0.381 e. The molecule has 0 unspecified atom stereocenters. The van der Waals surface area contributed by atoms with Crippen LogP contribution in [0.25, 0.3) is 0 Å². The molecule has 2 aliphatic rings. The van der Waals surface area contributed by atoms with E-state index in [2.05, 4.69) is 33.6 Å². The van der Waals surface area contributed by atoms with Gasteiger partial charge in [0.15, 0.2) is 0 Å². The van der Waals surface area contributed by atoms with E-state index in [1.807, 2.05) is 6.92 Å². The van der Waals surface area contributed by atoms with E-state index in [0.29, 0.717) is 37.2 Å². The Morgan fingerprint density at radius 2 is 2.00 bits per heavy atom. The van der Waals surface area contributed by atoms with Crippen LogP contribution in [-0.2, 0) is 28.7 Å². The lowest BCUT2D eigenvalue weighted by molar-refractivity contribution is -0.891. The van der Waals surface area contributed by atoms with Crippen LogP contribution in [0.15, 0.2) is 12.3 Å². The van der Waals surface area contributed by atoms with Crippen LogP contribution in [0, 0.1) is 24.7 Å². The molecular formula is C27H45F3N3O3+. The number of fused-ring (bicyclic) bond motifs is 1. The summed E-state index contributed by atoms with van der Waals surface area (Å²) in [7, 11) is 1.33. The SMILES string of the molecule is C#C.CCC.CO[n+]1cc(C(F)(F)F)cc2c1CCN(C(=O)[C@H](C)CCCN)C2.C[C@H]1CCCOC1. The molecule has 0 spiro atoms. The second kappa shape index (κ2) is 18.0. The molecule has 1 fully saturated rings. The lowest BCUT2D eigenvalue weighted by atomic mass is 9.99. The number of rotatable bonds is 5. The summed E-state index contributed by atoms with van der Waals surface area (Å²) in [6, 6.07) is 1.11. The summed E-state index contributed by atoms with van der Waals surface area (Å²) in [5.41, 5.74) is 5.82. The molecule has 1 aromatic heterocycles. The number of pyridine rings is 1. The largest absolute Gasteiger partial charge is 0.422 e. The number of nitrogens with zero attached hydrogens (tertiary/aromatic N) is 2. The third-order valence-electron chi connectivity index (χ3n) is 5.69. The lowest BCUT2D eigenvalue weighted by Gasteiger charge is -2.29. The average Bonchev–Trinajstić information content (AvgIpc) is 2.87. The van der Waals surface area contributed by atoms with E-state index in [9.17, 15) is 18.0 Å². The van der Waals surface area contributed by atoms with Gasteiger partial charge in [-0.25, -0.2) is 0 Å². The minimum atomic E-state index is -4.46. The number of amides is 1. The summed E-state index contributed by atoms with van der Waals surface area (Å²) >= 11 is 0. The lowest BCUT2D eigenvalue weighted by Crippen LogP contribution is -2.50. The number of halogens is 3. The Labute approximate surface area is 215 Å². The van der Waals surface area contributed by atoms with Gasteiger partial charge in [-0.1, -0.05) is 34.1 Å². The summed E-state index contributed by atoms with van der Waals surface area (Å²) in [5.74, 6) is 0.583. The zero-order chi connectivity index (χ0) is 27.7. The second-order valence-corrected chi connectivity index (χ2v) is 9.08. The Balaban J connectivity index is 0.000000845. The predicted octanol–water partition coefficient (Wildman–Crippen LogP) is 4.41. The highest BCUT2D eigenvalue weighted by molar-refractivity contribution is 5.78. The maximum atomic E-state index is 13.0. The third kappa shape index (κ3) is 11.6. The highest BCUT2D eigenvalue weighted by Crippen LogP contribution is 2.30. The molecule has 1 amide bonds. The molecule has 9 heteroatoms. The van der Waals surface area contributed by atoms with Crippen molar-refractivity contribution in [3.63, 3.8) is 0 Å². The number of alkyl halides is 3. The standard InChI is InChI=1S/C16H23F3N3O2.C6H12O.C3H8.C2H2/c1-11(4-3-6-20)15(23)21-7-5-14-12(9-21)8-13(16(17,18)19)10-22(14)24-2;1-6-3-2-4-7-5-6;1-3-2;1-2/h8,10-11H,3-7,9,20H2,1-2H3;6H,2-5H2,1H3;3H2,1-2H3;1-2H/q+1;;;/t11-;6-;;/m10../s1. The molecule has 0 radical (unpaired) electrons. The first kappa shape index (κ1) is 33.7.